The number of aliphatic hydroxyl groups is 2. The maximum Gasteiger partial charge on any atom is 0.247 e. The molecule has 0 radical (unpaired) electrons. The number of fused-ring (bicyclic) bond motifs is 3. The Bertz CT molecular complexity index is 1030. The first-order valence-corrected chi connectivity index (χ1v) is 12.0. The Morgan fingerprint density at radius 1 is 1.34 bits per heavy atom. The fraction of sp³-hybridized carbons (Fsp3) is 0.500. The number of amides is 2. The van der Waals surface area contributed by atoms with E-state index in [0.717, 1.165) is 12.8 Å². The SMILES string of the molecule is C=CCCC(=O)N(CC1CC1)[C@@H]1C=C(C(=O)NCCO)[C@@H]2c3cc(C=O)cc(OC)c3O[C@@H]2[C@H]1O. The van der Waals surface area contributed by atoms with Crippen LogP contribution in [0, 0.1) is 5.92 Å². The Kier molecular flexibility index (Phi) is 7.57. The van der Waals surface area contributed by atoms with Crippen LogP contribution in [0.2, 0.25) is 0 Å². The van der Waals surface area contributed by atoms with E-state index in [0.29, 0.717) is 53.4 Å². The molecule has 4 rings (SSSR count). The van der Waals surface area contributed by atoms with Gasteiger partial charge in [0, 0.05) is 36.2 Å². The molecule has 0 aromatic heterocycles. The van der Waals surface area contributed by atoms with Crippen molar-refractivity contribution in [2.24, 2.45) is 5.92 Å². The number of aliphatic hydroxyl groups excluding tert-OH is 2. The molecule has 9 heteroatoms. The molecule has 3 N–H and O–H groups in total. The highest BCUT2D eigenvalue weighted by atomic mass is 16.5. The molecule has 2 amide bonds. The number of aldehydes is 1. The predicted octanol–water partition coefficient (Wildman–Crippen LogP) is 1.34. The first-order valence-electron chi connectivity index (χ1n) is 12.0. The van der Waals surface area contributed by atoms with E-state index in [1.807, 2.05) is 0 Å². The van der Waals surface area contributed by atoms with Gasteiger partial charge in [0.15, 0.2) is 11.5 Å². The molecule has 1 saturated carbocycles. The number of nitrogens with one attached hydrogen (secondary N) is 1. The summed E-state index contributed by atoms with van der Waals surface area (Å²) < 4.78 is 11.6. The van der Waals surface area contributed by atoms with Crippen molar-refractivity contribution in [3.63, 3.8) is 0 Å². The van der Waals surface area contributed by atoms with Crippen molar-refractivity contribution < 1.29 is 34.1 Å². The summed E-state index contributed by atoms with van der Waals surface area (Å²) in [6.45, 7) is 4.00. The summed E-state index contributed by atoms with van der Waals surface area (Å²) in [7, 11) is 1.45. The molecule has 0 bridgehead atoms. The summed E-state index contributed by atoms with van der Waals surface area (Å²) in [5.41, 5.74) is 1.23. The maximum absolute atomic E-state index is 13.2. The molecule has 1 aromatic carbocycles. The molecule has 9 nitrogen and oxygen atoms in total. The molecular weight excluding hydrogens is 452 g/mol. The van der Waals surface area contributed by atoms with Crippen LogP contribution < -0.4 is 14.8 Å². The van der Waals surface area contributed by atoms with Gasteiger partial charge in [0.05, 0.1) is 25.7 Å². The van der Waals surface area contributed by atoms with Gasteiger partial charge in [0.1, 0.15) is 18.5 Å². The summed E-state index contributed by atoms with van der Waals surface area (Å²) in [4.78, 5) is 39.6. The molecule has 1 fully saturated rings. The number of hydrogen-bond donors (Lipinski definition) is 3. The first-order chi connectivity index (χ1) is 16.9. The second kappa shape index (κ2) is 10.6. The lowest BCUT2D eigenvalue weighted by Crippen LogP contribution is -2.56. The molecule has 0 saturated heterocycles. The fourth-order valence-corrected chi connectivity index (χ4v) is 4.90. The average molecular weight is 485 g/mol. The van der Waals surface area contributed by atoms with E-state index in [2.05, 4.69) is 11.9 Å². The molecule has 0 unspecified atom stereocenters. The van der Waals surface area contributed by atoms with Gasteiger partial charge in [0.2, 0.25) is 11.8 Å². The monoisotopic (exact) mass is 484 g/mol. The van der Waals surface area contributed by atoms with Crippen LogP contribution in [0.3, 0.4) is 0 Å². The number of ether oxygens (including phenoxy) is 2. The van der Waals surface area contributed by atoms with E-state index in [9.17, 15) is 24.6 Å². The Hall–Kier alpha value is -3.17. The van der Waals surface area contributed by atoms with Gasteiger partial charge < -0.3 is 29.9 Å². The van der Waals surface area contributed by atoms with E-state index >= 15 is 0 Å². The molecule has 3 aliphatic rings. The zero-order chi connectivity index (χ0) is 25.1. The van der Waals surface area contributed by atoms with E-state index in [-0.39, 0.29) is 25.5 Å². The molecule has 1 aliphatic heterocycles. The minimum Gasteiger partial charge on any atom is -0.493 e. The van der Waals surface area contributed by atoms with Crippen LogP contribution >= 0.6 is 0 Å². The highest BCUT2D eigenvalue weighted by Gasteiger charge is 2.51. The van der Waals surface area contributed by atoms with Crippen molar-refractivity contribution in [2.75, 3.05) is 26.8 Å². The Morgan fingerprint density at radius 2 is 2.11 bits per heavy atom. The van der Waals surface area contributed by atoms with E-state index in [1.165, 1.54) is 7.11 Å². The van der Waals surface area contributed by atoms with Crippen LogP contribution in [0.25, 0.3) is 0 Å². The molecule has 1 aromatic rings. The van der Waals surface area contributed by atoms with Crippen LogP contribution in [0.1, 0.15) is 47.5 Å². The molecule has 188 valence electrons. The van der Waals surface area contributed by atoms with Crippen molar-refractivity contribution in [3.05, 3.63) is 47.6 Å². The topological polar surface area (TPSA) is 125 Å². The van der Waals surface area contributed by atoms with Crippen LogP contribution in [0.5, 0.6) is 11.5 Å². The Balaban J connectivity index is 1.78. The zero-order valence-corrected chi connectivity index (χ0v) is 19.8. The number of benzene rings is 1. The van der Waals surface area contributed by atoms with Crippen LogP contribution in [-0.2, 0) is 9.59 Å². The Labute approximate surface area is 204 Å². The van der Waals surface area contributed by atoms with E-state index in [1.54, 1.807) is 29.2 Å². The second-order valence-corrected chi connectivity index (χ2v) is 9.22. The van der Waals surface area contributed by atoms with Crippen molar-refractivity contribution >= 4 is 18.1 Å². The third-order valence-corrected chi connectivity index (χ3v) is 6.81. The standard InChI is InChI=1S/C26H32N2O7/c1-3-4-5-21(31)28(13-15-6-7-15)19-12-18(26(33)27-8-9-29)22-17-10-16(14-30)11-20(34-2)24(17)35-25(22)23(19)32/h3,10-12,14-15,19,22-23,25,29,32H,1,4-9,13H2,2H3,(H,27,33)/t19-,22+,23+,25+/m1/s1. The van der Waals surface area contributed by atoms with Gasteiger partial charge in [-0.25, -0.2) is 0 Å². The number of carbonyl (C=O) groups is 3. The van der Waals surface area contributed by atoms with E-state index < -0.39 is 30.1 Å². The number of hydrogen-bond acceptors (Lipinski definition) is 7. The summed E-state index contributed by atoms with van der Waals surface area (Å²) in [5.74, 6) is -0.167. The van der Waals surface area contributed by atoms with Crippen molar-refractivity contribution in [1.29, 1.82) is 0 Å². The second-order valence-electron chi connectivity index (χ2n) is 9.22. The van der Waals surface area contributed by atoms with Gasteiger partial charge in [-0.1, -0.05) is 6.08 Å². The minimum absolute atomic E-state index is 0.0518. The van der Waals surface area contributed by atoms with Gasteiger partial charge in [-0.2, -0.15) is 0 Å². The van der Waals surface area contributed by atoms with Crippen molar-refractivity contribution in [2.45, 2.75) is 49.9 Å². The number of carbonyl (C=O) groups excluding carboxylic acids is 3. The van der Waals surface area contributed by atoms with Crippen LogP contribution in [0.15, 0.2) is 36.4 Å². The summed E-state index contributed by atoms with van der Waals surface area (Å²) in [6, 6.07) is 2.41. The summed E-state index contributed by atoms with van der Waals surface area (Å²) in [5, 5.41) is 23.4. The highest BCUT2D eigenvalue weighted by Crippen LogP contribution is 2.51. The number of nitrogens with zero attached hydrogens (tertiary/aromatic N) is 1. The smallest absolute Gasteiger partial charge is 0.247 e. The van der Waals surface area contributed by atoms with Gasteiger partial charge in [-0.3, -0.25) is 14.4 Å². The number of allylic oxidation sites excluding steroid dienone is 1. The number of rotatable bonds is 11. The lowest BCUT2D eigenvalue weighted by atomic mass is 9.77. The van der Waals surface area contributed by atoms with Crippen molar-refractivity contribution in [1.82, 2.24) is 10.2 Å². The fourth-order valence-electron chi connectivity index (χ4n) is 4.90. The molecule has 4 atom stereocenters. The van der Waals surface area contributed by atoms with Gasteiger partial charge in [-0.05, 0) is 43.4 Å². The highest BCUT2D eigenvalue weighted by molar-refractivity contribution is 5.96. The lowest BCUT2D eigenvalue weighted by molar-refractivity contribution is -0.137. The molecule has 1 heterocycles. The largest absolute Gasteiger partial charge is 0.493 e. The molecule has 35 heavy (non-hydrogen) atoms. The van der Waals surface area contributed by atoms with Crippen LogP contribution in [-0.4, -0.2) is 78.3 Å². The van der Waals surface area contributed by atoms with Crippen molar-refractivity contribution in [3.8, 4) is 11.5 Å². The number of methoxy groups -OCH3 is 1. The third kappa shape index (κ3) is 4.97. The minimum atomic E-state index is -1.11. The molecular formula is C26H32N2O7. The zero-order valence-electron chi connectivity index (χ0n) is 19.8. The normalized spacial score (nSPS) is 24.4. The Morgan fingerprint density at radius 3 is 2.74 bits per heavy atom. The molecule has 0 spiro atoms. The average Bonchev–Trinajstić information content (AvgIpc) is 3.61. The molecule has 2 aliphatic carbocycles. The lowest BCUT2D eigenvalue weighted by Gasteiger charge is -2.41. The van der Waals surface area contributed by atoms with E-state index in [4.69, 9.17) is 9.47 Å². The van der Waals surface area contributed by atoms with Crippen LogP contribution in [0.4, 0.5) is 0 Å². The maximum atomic E-state index is 13.2. The predicted molar refractivity (Wildman–Crippen MR) is 127 cm³/mol. The quantitative estimate of drug-likeness (QED) is 0.320. The third-order valence-electron chi connectivity index (χ3n) is 6.81. The van der Waals surface area contributed by atoms with Gasteiger partial charge in [-0.15, -0.1) is 6.58 Å². The van der Waals surface area contributed by atoms with Gasteiger partial charge in [0.25, 0.3) is 0 Å². The van der Waals surface area contributed by atoms with Gasteiger partial charge >= 0.3 is 0 Å². The summed E-state index contributed by atoms with van der Waals surface area (Å²) in [6.07, 6.45) is 4.83. The first kappa shape index (κ1) is 24.9. The summed E-state index contributed by atoms with van der Waals surface area (Å²) >= 11 is 0.